The number of unbranched alkanes of at least 4 members (excludes halogenated alkanes) is 1. The van der Waals surface area contributed by atoms with Crippen LogP contribution in [0, 0.1) is 0 Å². The monoisotopic (exact) mass is 277 g/mol. The van der Waals surface area contributed by atoms with Gasteiger partial charge in [0.15, 0.2) is 0 Å². The second kappa shape index (κ2) is 7.17. The van der Waals surface area contributed by atoms with Gasteiger partial charge in [0.25, 0.3) is 0 Å². The number of rotatable bonds is 6. The van der Waals surface area contributed by atoms with Crippen LogP contribution in [0.15, 0.2) is 18.2 Å². The average Bonchev–Trinajstić information content (AvgIpc) is 2.48. The van der Waals surface area contributed by atoms with Gasteiger partial charge in [0.1, 0.15) is 11.3 Å². The molecule has 1 N–H and O–H groups in total. The number of piperidine rings is 1. The highest BCUT2D eigenvalue weighted by atomic mass is 16.5. The summed E-state index contributed by atoms with van der Waals surface area (Å²) in [5.74, 6) is -0.435. The van der Waals surface area contributed by atoms with Gasteiger partial charge >= 0.3 is 5.97 Å². The van der Waals surface area contributed by atoms with Gasteiger partial charge in [-0.2, -0.15) is 0 Å². The molecule has 2 rings (SSSR count). The minimum atomic E-state index is -0.929. The van der Waals surface area contributed by atoms with Crippen LogP contribution in [0.25, 0.3) is 0 Å². The van der Waals surface area contributed by atoms with Gasteiger partial charge in [-0.3, -0.25) is 0 Å². The van der Waals surface area contributed by atoms with Crippen molar-refractivity contribution in [2.75, 3.05) is 24.6 Å². The molecule has 0 aliphatic carbocycles. The summed E-state index contributed by atoms with van der Waals surface area (Å²) < 4.78 is 5.66. The maximum Gasteiger partial charge on any atom is 0.339 e. The SMILES string of the molecule is CCCCOc1cc(N2CCCCC2)ccc1C(=O)O. The van der Waals surface area contributed by atoms with Crippen molar-refractivity contribution in [1.29, 1.82) is 0 Å². The molecule has 0 bridgehead atoms. The van der Waals surface area contributed by atoms with Gasteiger partial charge in [0.2, 0.25) is 0 Å². The Labute approximate surface area is 120 Å². The largest absolute Gasteiger partial charge is 0.493 e. The molecule has 0 saturated carbocycles. The van der Waals surface area contributed by atoms with Gasteiger partial charge in [-0.15, -0.1) is 0 Å². The highest BCUT2D eigenvalue weighted by molar-refractivity contribution is 5.91. The van der Waals surface area contributed by atoms with Gasteiger partial charge in [-0.25, -0.2) is 4.79 Å². The predicted octanol–water partition coefficient (Wildman–Crippen LogP) is 3.55. The molecule has 1 aromatic rings. The first-order valence-electron chi connectivity index (χ1n) is 7.47. The third-order valence-electron chi connectivity index (χ3n) is 3.67. The molecule has 110 valence electrons. The molecule has 0 atom stereocenters. The molecule has 0 aromatic heterocycles. The summed E-state index contributed by atoms with van der Waals surface area (Å²) in [6.45, 7) is 4.74. The zero-order valence-electron chi connectivity index (χ0n) is 12.1. The summed E-state index contributed by atoms with van der Waals surface area (Å²) in [6, 6.07) is 5.43. The minimum Gasteiger partial charge on any atom is -0.493 e. The first kappa shape index (κ1) is 14.7. The van der Waals surface area contributed by atoms with E-state index < -0.39 is 5.97 Å². The van der Waals surface area contributed by atoms with E-state index in [0.717, 1.165) is 31.6 Å². The van der Waals surface area contributed by atoms with Crippen molar-refractivity contribution in [3.8, 4) is 5.75 Å². The Bertz CT molecular complexity index is 453. The molecular weight excluding hydrogens is 254 g/mol. The molecule has 1 aliphatic heterocycles. The van der Waals surface area contributed by atoms with E-state index in [4.69, 9.17) is 4.74 Å². The van der Waals surface area contributed by atoms with Crippen molar-refractivity contribution in [2.24, 2.45) is 0 Å². The normalized spacial score (nSPS) is 15.2. The second-order valence-electron chi connectivity index (χ2n) is 5.24. The average molecular weight is 277 g/mol. The highest BCUT2D eigenvalue weighted by Crippen LogP contribution is 2.28. The molecule has 0 radical (unpaired) electrons. The third kappa shape index (κ3) is 3.65. The Morgan fingerprint density at radius 3 is 2.70 bits per heavy atom. The smallest absolute Gasteiger partial charge is 0.339 e. The lowest BCUT2D eigenvalue weighted by Crippen LogP contribution is -2.29. The summed E-state index contributed by atoms with van der Waals surface area (Å²) in [7, 11) is 0. The Hall–Kier alpha value is -1.71. The third-order valence-corrected chi connectivity index (χ3v) is 3.67. The van der Waals surface area contributed by atoms with Crippen LogP contribution in [-0.4, -0.2) is 30.8 Å². The van der Waals surface area contributed by atoms with Gasteiger partial charge in [0.05, 0.1) is 6.61 Å². The topological polar surface area (TPSA) is 49.8 Å². The molecule has 1 aliphatic rings. The fraction of sp³-hybridized carbons (Fsp3) is 0.562. The Morgan fingerprint density at radius 2 is 2.05 bits per heavy atom. The van der Waals surface area contributed by atoms with Gasteiger partial charge in [-0.05, 0) is 37.8 Å². The zero-order chi connectivity index (χ0) is 14.4. The maximum atomic E-state index is 11.2. The summed E-state index contributed by atoms with van der Waals surface area (Å²) in [5, 5.41) is 9.23. The van der Waals surface area contributed by atoms with Crippen molar-refractivity contribution >= 4 is 11.7 Å². The van der Waals surface area contributed by atoms with Crippen LogP contribution in [0.3, 0.4) is 0 Å². The van der Waals surface area contributed by atoms with Gasteiger partial charge in [-0.1, -0.05) is 13.3 Å². The van der Waals surface area contributed by atoms with E-state index in [1.807, 2.05) is 12.1 Å². The summed E-state index contributed by atoms with van der Waals surface area (Å²) in [5.41, 5.74) is 1.32. The number of anilines is 1. The maximum absolute atomic E-state index is 11.2. The number of ether oxygens (including phenoxy) is 1. The number of benzene rings is 1. The summed E-state index contributed by atoms with van der Waals surface area (Å²) in [4.78, 5) is 13.6. The number of carboxylic acid groups (broad SMARTS) is 1. The Morgan fingerprint density at radius 1 is 1.30 bits per heavy atom. The standard InChI is InChI=1S/C16H23NO3/c1-2-3-11-20-15-12-13(7-8-14(15)16(18)19)17-9-5-4-6-10-17/h7-8,12H,2-6,9-11H2,1H3,(H,18,19). The van der Waals surface area contributed by atoms with Gasteiger partial charge in [0, 0.05) is 24.8 Å². The predicted molar refractivity (Wildman–Crippen MR) is 79.9 cm³/mol. The second-order valence-corrected chi connectivity index (χ2v) is 5.24. The number of nitrogens with zero attached hydrogens (tertiary/aromatic N) is 1. The molecule has 4 nitrogen and oxygen atoms in total. The Kier molecular flexibility index (Phi) is 5.27. The molecule has 0 unspecified atom stereocenters. The first-order chi connectivity index (χ1) is 9.72. The van der Waals surface area contributed by atoms with Crippen LogP contribution in [-0.2, 0) is 0 Å². The van der Waals surface area contributed by atoms with Crippen LogP contribution in [0.1, 0.15) is 49.4 Å². The van der Waals surface area contributed by atoms with Crippen LogP contribution in [0.2, 0.25) is 0 Å². The number of hydrogen-bond donors (Lipinski definition) is 1. The lowest BCUT2D eigenvalue weighted by Gasteiger charge is -2.29. The number of aromatic carboxylic acids is 1. The van der Waals surface area contributed by atoms with Gasteiger partial charge < -0.3 is 14.7 Å². The van der Waals surface area contributed by atoms with Crippen LogP contribution >= 0.6 is 0 Å². The lowest BCUT2D eigenvalue weighted by atomic mass is 10.1. The molecule has 0 spiro atoms. The van der Waals surface area contributed by atoms with Crippen molar-refractivity contribution in [3.05, 3.63) is 23.8 Å². The molecular formula is C16H23NO3. The van der Waals surface area contributed by atoms with E-state index in [-0.39, 0.29) is 5.56 Å². The summed E-state index contributed by atoms with van der Waals surface area (Å²) >= 11 is 0. The molecule has 1 heterocycles. The van der Waals surface area contributed by atoms with Crippen molar-refractivity contribution < 1.29 is 14.6 Å². The molecule has 1 fully saturated rings. The molecule has 4 heteroatoms. The van der Waals surface area contributed by atoms with Crippen molar-refractivity contribution in [3.63, 3.8) is 0 Å². The molecule has 20 heavy (non-hydrogen) atoms. The number of carbonyl (C=O) groups is 1. The van der Waals surface area contributed by atoms with E-state index in [1.54, 1.807) is 6.07 Å². The lowest BCUT2D eigenvalue weighted by molar-refractivity contribution is 0.0692. The first-order valence-corrected chi connectivity index (χ1v) is 7.47. The zero-order valence-corrected chi connectivity index (χ0v) is 12.1. The number of carboxylic acids is 1. The fourth-order valence-corrected chi connectivity index (χ4v) is 2.48. The van der Waals surface area contributed by atoms with E-state index in [9.17, 15) is 9.90 Å². The molecule has 1 saturated heterocycles. The minimum absolute atomic E-state index is 0.252. The van der Waals surface area contributed by atoms with E-state index >= 15 is 0 Å². The van der Waals surface area contributed by atoms with Crippen LogP contribution in [0.4, 0.5) is 5.69 Å². The van der Waals surface area contributed by atoms with Crippen LogP contribution in [0.5, 0.6) is 5.75 Å². The van der Waals surface area contributed by atoms with Crippen LogP contribution < -0.4 is 9.64 Å². The van der Waals surface area contributed by atoms with Crippen molar-refractivity contribution in [2.45, 2.75) is 39.0 Å². The number of hydrogen-bond acceptors (Lipinski definition) is 3. The van der Waals surface area contributed by atoms with E-state index in [2.05, 4.69) is 11.8 Å². The van der Waals surface area contributed by atoms with E-state index in [1.165, 1.54) is 19.3 Å². The quantitative estimate of drug-likeness (QED) is 0.808. The Balaban J connectivity index is 2.17. The highest BCUT2D eigenvalue weighted by Gasteiger charge is 2.16. The molecule has 0 amide bonds. The fourth-order valence-electron chi connectivity index (χ4n) is 2.48. The van der Waals surface area contributed by atoms with Crippen molar-refractivity contribution in [1.82, 2.24) is 0 Å². The van der Waals surface area contributed by atoms with E-state index in [0.29, 0.717) is 12.4 Å². The molecule has 1 aromatic carbocycles. The summed E-state index contributed by atoms with van der Waals surface area (Å²) in [6.07, 6.45) is 5.66.